The van der Waals surface area contributed by atoms with Crippen molar-refractivity contribution in [2.45, 2.75) is 26.8 Å². The molecule has 1 N–H and O–H groups in total. The molecule has 0 aliphatic carbocycles. The van der Waals surface area contributed by atoms with Gasteiger partial charge in [-0.25, -0.2) is 0 Å². The first-order valence-corrected chi connectivity index (χ1v) is 13.0. The number of anilines is 3. The maximum Gasteiger partial charge on any atom is 0.258 e. The Bertz CT molecular complexity index is 1430. The molecule has 194 valence electrons. The third kappa shape index (κ3) is 4.64. The van der Waals surface area contributed by atoms with Gasteiger partial charge in [-0.2, -0.15) is 5.26 Å². The SMILES string of the molecule is CN1C(=O)c2ccccc2C(N2CCN(c3ccc(NC(=O)C(C)(C)C)cc3C#N)CC2)c2ccccc21. The van der Waals surface area contributed by atoms with Crippen molar-refractivity contribution in [1.29, 1.82) is 5.26 Å². The first-order valence-electron chi connectivity index (χ1n) is 13.0. The highest BCUT2D eigenvalue weighted by Gasteiger charge is 2.35. The highest BCUT2D eigenvalue weighted by atomic mass is 16.2. The Morgan fingerprint density at radius 2 is 1.58 bits per heavy atom. The van der Waals surface area contributed by atoms with E-state index in [0.29, 0.717) is 11.3 Å². The van der Waals surface area contributed by atoms with E-state index < -0.39 is 5.41 Å². The lowest BCUT2D eigenvalue weighted by Gasteiger charge is -2.41. The summed E-state index contributed by atoms with van der Waals surface area (Å²) in [6.45, 7) is 8.62. The number of carbonyl (C=O) groups is 2. The maximum absolute atomic E-state index is 13.3. The van der Waals surface area contributed by atoms with E-state index in [0.717, 1.165) is 54.2 Å². The van der Waals surface area contributed by atoms with Gasteiger partial charge in [0, 0.05) is 55.6 Å². The monoisotopic (exact) mass is 507 g/mol. The Morgan fingerprint density at radius 3 is 2.26 bits per heavy atom. The lowest BCUT2D eigenvalue weighted by Crippen LogP contribution is -2.48. The Balaban J connectivity index is 1.40. The molecule has 7 nitrogen and oxygen atoms in total. The number of fused-ring (bicyclic) bond motifs is 2. The third-order valence-corrected chi connectivity index (χ3v) is 7.46. The van der Waals surface area contributed by atoms with Crippen LogP contribution < -0.4 is 15.1 Å². The second-order valence-corrected chi connectivity index (χ2v) is 11.0. The molecule has 1 atom stereocenters. The normalized spacial score (nSPS) is 17.8. The molecule has 1 fully saturated rings. The van der Waals surface area contributed by atoms with E-state index in [1.807, 2.05) is 76.3 Å². The van der Waals surface area contributed by atoms with Crippen molar-refractivity contribution in [1.82, 2.24) is 4.90 Å². The van der Waals surface area contributed by atoms with Gasteiger partial charge in [0.2, 0.25) is 5.91 Å². The van der Waals surface area contributed by atoms with Crippen LogP contribution in [0.2, 0.25) is 0 Å². The van der Waals surface area contributed by atoms with E-state index in [1.165, 1.54) is 0 Å². The molecule has 0 spiro atoms. The second-order valence-electron chi connectivity index (χ2n) is 11.0. The zero-order valence-corrected chi connectivity index (χ0v) is 22.4. The summed E-state index contributed by atoms with van der Waals surface area (Å²) >= 11 is 0. The summed E-state index contributed by atoms with van der Waals surface area (Å²) < 4.78 is 0. The van der Waals surface area contributed by atoms with Crippen LogP contribution in [0.4, 0.5) is 17.1 Å². The predicted octanol–water partition coefficient (Wildman–Crippen LogP) is 5.04. The van der Waals surface area contributed by atoms with Crippen LogP contribution in [0.3, 0.4) is 0 Å². The number of hydrogen-bond donors (Lipinski definition) is 1. The van der Waals surface area contributed by atoms with Gasteiger partial charge in [0.15, 0.2) is 0 Å². The van der Waals surface area contributed by atoms with Gasteiger partial charge in [0.1, 0.15) is 6.07 Å². The van der Waals surface area contributed by atoms with Gasteiger partial charge < -0.3 is 15.1 Å². The van der Waals surface area contributed by atoms with Crippen LogP contribution in [0.1, 0.15) is 53.9 Å². The topological polar surface area (TPSA) is 79.7 Å². The summed E-state index contributed by atoms with van der Waals surface area (Å²) in [6, 6.07) is 23.9. The van der Waals surface area contributed by atoms with E-state index >= 15 is 0 Å². The summed E-state index contributed by atoms with van der Waals surface area (Å²) in [5, 5.41) is 12.8. The number of rotatable bonds is 3. The Hall–Kier alpha value is -4.15. The highest BCUT2D eigenvalue weighted by molar-refractivity contribution is 6.08. The number of para-hydroxylation sites is 1. The van der Waals surface area contributed by atoms with Crippen LogP contribution in [0.15, 0.2) is 66.7 Å². The Kier molecular flexibility index (Phi) is 6.68. The Morgan fingerprint density at radius 1 is 0.921 bits per heavy atom. The number of hydrogen-bond acceptors (Lipinski definition) is 5. The molecule has 0 radical (unpaired) electrons. The minimum absolute atomic E-state index is 0.00601. The minimum Gasteiger partial charge on any atom is -0.368 e. The van der Waals surface area contributed by atoms with Crippen molar-refractivity contribution in [3.63, 3.8) is 0 Å². The molecule has 7 heteroatoms. The molecular weight excluding hydrogens is 474 g/mol. The molecule has 1 saturated heterocycles. The van der Waals surface area contributed by atoms with Crippen LogP contribution in [0.5, 0.6) is 0 Å². The predicted molar refractivity (Wildman–Crippen MR) is 150 cm³/mol. The number of carbonyl (C=O) groups excluding carboxylic acids is 2. The first-order chi connectivity index (χ1) is 18.2. The van der Waals surface area contributed by atoms with Gasteiger partial charge in [-0.05, 0) is 41.5 Å². The Labute approximate surface area is 224 Å². The van der Waals surface area contributed by atoms with Crippen LogP contribution in [0.25, 0.3) is 0 Å². The molecule has 0 bridgehead atoms. The fraction of sp³-hybridized carbons (Fsp3) is 0.323. The molecule has 38 heavy (non-hydrogen) atoms. The molecule has 5 rings (SSSR count). The van der Waals surface area contributed by atoms with Crippen LogP contribution in [-0.4, -0.2) is 49.9 Å². The van der Waals surface area contributed by atoms with Crippen molar-refractivity contribution in [2.24, 2.45) is 5.41 Å². The fourth-order valence-electron chi connectivity index (χ4n) is 5.32. The van der Waals surface area contributed by atoms with Crippen molar-refractivity contribution in [2.75, 3.05) is 48.3 Å². The van der Waals surface area contributed by atoms with Crippen molar-refractivity contribution < 1.29 is 9.59 Å². The summed E-state index contributed by atoms with van der Waals surface area (Å²) in [5.74, 6) is -0.0812. The summed E-state index contributed by atoms with van der Waals surface area (Å²) in [4.78, 5) is 32.2. The van der Waals surface area contributed by atoms with Gasteiger partial charge >= 0.3 is 0 Å². The van der Waals surface area contributed by atoms with Gasteiger partial charge in [-0.1, -0.05) is 57.2 Å². The smallest absolute Gasteiger partial charge is 0.258 e. The molecule has 2 aliphatic heterocycles. The van der Waals surface area contributed by atoms with Crippen molar-refractivity contribution in [3.05, 3.63) is 89.0 Å². The molecule has 0 saturated carbocycles. The number of piperazine rings is 1. The number of benzene rings is 3. The highest BCUT2D eigenvalue weighted by Crippen LogP contribution is 2.40. The lowest BCUT2D eigenvalue weighted by molar-refractivity contribution is -0.123. The molecule has 2 aliphatic rings. The van der Waals surface area contributed by atoms with E-state index in [-0.39, 0.29) is 17.9 Å². The standard InChI is InChI=1S/C31H33N5O2/c1-31(2,3)30(38)33-22-13-14-26(21(19-22)20-32)35-15-17-36(18-16-35)28-23-9-5-6-10-24(23)29(37)34(4)27-12-8-7-11-25(27)28/h5-14,19,28H,15-18H2,1-4H3,(H,33,38). The van der Waals surface area contributed by atoms with Crippen molar-refractivity contribution >= 4 is 28.9 Å². The third-order valence-electron chi connectivity index (χ3n) is 7.46. The lowest BCUT2D eigenvalue weighted by atomic mass is 9.93. The molecule has 0 aromatic heterocycles. The van der Waals surface area contributed by atoms with Gasteiger partial charge in [-0.3, -0.25) is 14.5 Å². The second kappa shape index (κ2) is 9.96. The van der Waals surface area contributed by atoms with E-state index in [1.54, 1.807) is 11.0 Å². The van der Waals surface area contributed by atoms with Crippen LogP contribution in [-0.2, 0) is 4.79 Å². The molecule has 3 aromatic rings. The molecular formula is C31H33N5O2. The minimum atomic E-state index is -0.517. The maximum atomic E-state index is 13.3. The number of nitrogens with one attached hydrogen (secondary N) is 1. The number of nitrogens with zero attached hydrogens (tertiary/aromatic N) is 4. The summed E-state index contributed by atoms with van der Waals surface area (Å²) in [5.41, 5.74) is 5.34. The van der Waals surface area contributed by atoms with Crippen LogP contribution >= 0.6 is 0 Å². The van der Waals surface area contributed by atoms with Gasteiger partial charge in [0.25, 0.3) is 5.91 Å². The number of amides is 2. The van der Waals surface area contributed by atoms with Gasteiger partial charge in [0.05, 0.1) is 17.3 Å². The zero-order valence-electron chi connectivity index (χ0n) is 22.4. The van der Waals surface area contributed by atoms with E-state index in [4.69, 9.17) is 0 Å². The van der Waals surface area contributed by atoms with E-state index in [2.05, 4.69) is 33.3 Å². The molecule has 1 unspecified atom stereocenters. The average Bonchev–Trinajstić information content (AvgIpc) is 3.01. The molecule has 2 amide bonds. The fourth-order valence-corrected chi connectivity index (χ4v) is 5.32. The first kappa shape index (κ1) is 25.5. The van der Waals surface area contributed by atoms with E-state index in [9.17, 15) is 14.9 Å². The summed E-state index contributed by atoms with van der Waals surface area (Å²) in [7, 11) is 1.84. The average molecular weight is 508 g/mol. The number of nitriles is 1. The largest absolute Gasteiger partial charge is 0.368 e. The van der Waals surface area contributed by atoms with Gasteiger partial charge in [-0.15, -0.1) is 0 Å². The summed E-state index contributed by atoms with van der Waals surface area (Å²) in [6.07, 6.45) is 0. The molecule has 3 aromatic carbocycles. The van der Waals surface area contributed by atoms with Crippen molar-refractivity contribution in [3.8, 4) is 6.07 Å². The zero-order chi connectivity index (χ0) is 27.0. The molecule has 2 heterocycles. The quantitative estimate of drug-likeness (QED) is 0.537. The van der Waals surface area contributed by atoms with Crippen LogP contribution in [0, 0.1) is 16.7 Å².